The molecule has 5 atom stereocenters. The lowest BCUT2D eigenvalue weighted by Gasteiger charge is -2.64. The number of piperidine rings is 1. The van der Waals surface area contributed by atoms with Gasteiger partial charge in [-0.2, -0.15) is 0 Å². The van der Waals surface area contributed by atoms with Gasteiger partial charge in [0.1, 0.15) is 6.10 Å². The average molecular weight is 522 g/mol. The number of nitro groups is 1. The first kappa shape index (κ1) is 23.7. The van der Waals surface area contributed by atoms with Crippen LogP contribution in [0.3, 0.4) is 0 Å². The molecule has 2 N–H and O–H groups in total. The number of rotatable bonds is 6. The first-order valence-corrected chi connectivity index (χ1v) is 13.4. The van der Waals surface area contributed by atoms with Crippen LogP contribution in [0.2, 0.25) is 0 Å². The average Bonchev–Trinajstić information content (AvgIpc) is 3.40. The van der Waals surface area contributed by atoms with Gasteiger partial charge in [0, 0.05) is 42.4 Å². The Bertz CT molecular complexity index is 1350. The second-order valence-corrected chi connectivity index (χ2v) is 11.6. The number of aliphatic hydroxyl groups is 1. The summed E-state index contributed by atoms with van der Waals surface area (Å²) in [4.78, 5) is 28.9. The molecule has 1 saturated heterocycles. The van der Waals surface area contributed by atoms with Crippen LogP contribution in [-0.2, 0) is 16.6 Å². The summed E-state index contributed by atoms with van der Waals surface area (Å²) in [5.74, 6) is 0.335. The molecule has 2 aliphatic heterocycles. The van der Waals surface area contributed by atoms with Crippen molar-refractivity contribution >= 4 is 17.7 Å². The van der Waals surface area contributed by atoms with E-state index >= 15 is 0 Å². The van der Waals surface area contributed by atoms with Crippen LogP contribution in [0.4, 0.5) is 5.69 Å². The molecule has 3 fully saturated rings. The second-order valence-electron chi connectivity index (χ2n) is 11.6. The maximum atomic E-state index is 13.2. The van der Waals surface area contributed by atoms with Gasteiger partial charge < -0.3 is 24.3 Å². The lowest BCUT2D eigenvalue weighted by molar-refractivity contribution is -0.386. The van der Waals surface area contributed by atoms with Crippen molar-refractivity contribution in [2.24, 2.45) is 5.92 Å². The quantitative estimate of drug-likeness (QED) is 0.337. The molecular weight excluding hydrogens is 490 g/mol. The lowest BCUT2D eigenvalue weighted by Crippen LogP contribution is -2.78. The van der Waals surface area contributed by atoms with E-state index in [0.717, 1.165) is 18.7 Å². The predicted octanol–water partition coefficient (Wildman–Crippen LogP) is 3.00. The van der Waals surface area contributed by atoms with E-state index in [4.69, 9.17) is 9.15 Å². The molecular formula is C28H31N3O7. The Morgan fingerprint density at radius 2 is 2.16 bits per heavy atom. The van der Waals surface area contributed by atoms with Crippen molar-refractivity contribution in [2.75, 3.05) is 20.1 Å². The fraction of sp³-hybridized carbons (Fsp3) is 0.536. The number of likely N-dealkylation sites (N-methyl/N-ethyl adjacent to an activating group) is 1. The lowest BCUT2D eigenvalue weighted by atomic mass is 9.48. The predicted molar refractivity (Wildman–Crippen MR) is 136 cm³/mol. The fourth-order valence-corrected chi connectivity index (χ4v) is 7.90. The summed E-state index contributed by atoms with van der Waals surface area (Å²) >= 11 is 0. The topological polar surface area (TPSA) is 130 Å². The Kier molecular flexibility index (Phi) is 5.04. The van der Waals surface area contributed by atoms with Crippen molar-refractivity contribution in [3.05, 3.63) is 57.5 Å². The van der Waals surface area contributed by atoms with Crippen molar-refractivity contribution in [3.8, 4) is 11.5 Å². The minimum atomic E-state index is -1.18. The van der Waals surface area contributed by atoms with Crippen molar-refractivity contribution in [3.63, 3.8) is 0 Å². The van der Waals surface area contributed by atoms with E-state index in [1.54, 1.807) is 30.4 Å². The van der Waals surface area contributed by atoms with Crippen molar-refractivity contribution in [1.82, 2.24) is 9.80 Å². The summed E-state index contributed by atoms with van der Waals surface area (Å²) in [7, 11) is 1.73. The Morgan fingerprint density at radius 3 is 2.87 bits per heavy atom. The SMILES string of the molecule is CN(C(=O)/C=C/c1ccoc1)[C@@H]1CC[C@@]2(O)[C@H]3Cc4c([N+](=O)[O-])cc(O)c5c4[C@@]2(CCN3CC2CC2)[C@H]1O5. The van der Waals surface area contributed by atoms with Gasteiger partial charge in [-0.3, -0.25) is 19.8 Å². The first-order valence-electron chi connectivity index (χ1n) is 13.4. The molecule has 2 aromatic rings. The standard InChI is InChI=1S/C28H31N3O7/c1-29(23(33)5-4-17-7-11-37-15-17)19-6-8-28(34)22-12-18-20(31(35)36)13-21(32)25-24(18)27(28,26(19)38-25)9-10-30(22)14-16-2-3-16/h4-5,7,11,13,15-16,19,22,26,32,34H,2-3,6,8-10,12,14H2,1H3/b5-4+/t19-,22-,26+,27+,28-/m1/s1. The molecule has 2 saturated carbocycles. The van der Waals surface area contributed by atoms with Gasteiger partial charge in [-0.15, -0.1) is 0 Å². The molecule has 0 unspecified atom stereocenters. The zero-order chi connectivity index (χ0) is 26.4. The Labute approximate surface area is 219 Å². The molecule has 10 heteroatoms. The number of furan rings is 1. The van der Waals surface area contributed by atoms with Crippen LogP contribution in [0.15, 0.2) is 35.2 Å². The molecule has 2 bridgehead atoms. The van der Waals surface area contributed by atoms with Crippen LogP contribution in [-0.4, -0.2) is 74.8 Å². The third kappa shape index (κ3) is 3.10. The number of benzene rings is 1. The molecule has 3 heterocycles. The van der Waals surface area contributed by atoms with Gasteiger partial charge in [0.05, 0.1) is 40.6 Å². The first-order chi connectivity index (χ1) is 18.2. The zero-order valence-corrected chi connectivity index (χ0v) is 21.2. The molecule has 38 heavy (non-hydrogen) atoms. The maximum Gasteiger partial charge on any atom is 0.276 e. The monoisotopic (exact) mass is 521 g/mol. The number of phenols is 1. The summed E-state index contributed by atoms with van der Waals surface area (Å²) in [5, 5.41) is 35.6. The van der Waals surface area contributed by atoms with Crippen molar-refractivity contribution in [2.45, 2.75) is 67.7 Å². The summed E-state index contributed by atoms with van der Waals surface area (Å²) in [6, 6.07) is 2.27. The van der Waals surface area contributed by atoms with E-state index in [-0.39, 0.29) is 35.2 Å². The number of aromatic hydroxyl groups is 1. The largest absolute Gasteiger partial charge is 0.504 e. The number of carbonyl (C=O) groups excluding carboxylic acids is 1. The highest BCUT2D eigenvalue weighted by molar-refractivity contribution is 5.92. The number of likely N-dealkylation sites (tertiary alicyclic amines) is 1. The van der Waals surface area contributed by atoms with E-state index in [9.17, 15) is 25.1 Å². The highest BCUT2D eigenvalue weighted by Gasteiger charge is 2.74. The van der Waals surface area contributed by atoms with Crippen LogP contribution in [0.5, 0.6) is 11.5 Å². The van der Waals surface area contributed by atoms with Gasteiger partial charge in [0.25, 0.3) is 5.69 Å². The van der Waals surface area contributed by atoms with E-state index in [2.05, 4.69) is 4.90 Å². The molecule has 10 nitrogen and oxygen atoms in total. The van der Waals surface area contributed by atoms with Crippen LogP contribution >= 0.6 is 0 Å². The molecule has 1 spiro atoms. The molecule has 0 radical (unpaired) electrons. The van der Waals surface area contributed by atoms with Crippen molar-refractivity contribution < 1.29 is 29.1 Å². The minimum absolute atomic E-state index is 0.125. The molecule has 1 aromatic heterocycles. The Morgan fingerprint density at radius 1 is 1.34 bits per heavy atom. The molecule has 1 aromatic carbocycles. The van der Waals surface area contributed by atoms with Crippen LogP contribution in [0.1, 0.15) is 48.8 Å². The van der Waals surface area contributed by atoms with Crippen LogP contribution < -0.4 is 4.74 Å². The highest BCUT2D eigenvalue weighted by Crippen LogP contribution is 2.67. The van der Waals surface area contributed by atoms with Crippen LogP contribution in [0, 0.1) is 16.0 Å². The number of carbonyl (C=O) groups is 1. The van der Waals surface area contributed by atoms with Gasteiger partial charge >= 0.3 is 0 Å². The molecule has 3 aliphatic carbocycles. The van der Waals surface area contributed by atoms with E-state index in [1.165, 1.54) is 31.2 Å². The number of phenolic OH excluding ortho intramolecular Hbond substituents is 1. The number of ether oxygens (including phenoxy) is 1. The minimum Gasteiger partial charge on any atom is -0.504 e. The molecule has 1 amide bonds. The van der Waals surface area contributed by atoms with E-state index in [1.807, 2.05) is 0 Å². The summed E-state index contributed by atoms with van der Waals surface area (Å²) in [6.07, 6.45) is 9.82. The second kappa shape index (κ2) is 8.07. The summed E-state index contributed by atoms with van der Waals surface area (Å²) < 4.78 is 11.6. The maximum absolute atomic E-state index is 13.2. The highest BCUT2D eigenvalue weighted by atomic mass is 16.6. The van der Waals surface area contributed by atoms with Gasteiger partial charge in [-0.05, 0) is 63.1 Å². The number of nitro benzene ring substituents is 1. The van der Waals surface area contributed by atoms with Gasteiger partial charge in [-0.25, -0.2) is 0 Å². The normalized spacial score (nSPS) is 33.2. The number of nitrogens with zero attached hydrogens (tertiary/aromatic N) is 3. The fourth-order valence-electron chi connectivity index (χ4n) is 7.90. The summed E-state index contributed by atoms with van der Waals surface area (Å²) in [5.41, 5.74) is -0.352. The Hall–Kier alpha value is -3.37. The Balaban J connectivity index is 1.33. The number of amides is 1. The molecule has 200 valence electrons. The van der Waals surface area contributed by atoms with E-state index < -0.39 is 22.0 Å². The number of hydrogen-bond acceptors (Lipinski definition) is 8. The smallest absolute Gasteiger partial charge is 0.276 e. The molecule has 5 aliphatic rings. The zero-order valence-electron chi connectivity index (χ0n) is 21.2. The molecule has 7 rings (SSSR count). The van der Waals surface area contributed by atoms with Gasteiger partial charge in [0.2, 0.25) is 5.91 Å². The summed E-state index contributed by atoms with van der Waals surface area (Å²) in [6.45, 7) is 1.61. The van der Waals surface area contributed by atoms with Gasteiger partial charge in [0.15, 0.2) is 11.5 Å². The van der Waals surface area contributed by atoms with Gasteiger partial charge in [-0.1, -0.05) is 0 Å². The number of hydrogen-bond donors (Lipinski definition) is 2. The van der Waals surface area contributed by atoms with E-state index in [0.29, 0.717) is 42.7 Å². The third-order valence-electron chi connectivity index (χ3n) is 9.84. The van der Waals surface area contributed by atoms with Crippen molar-refractivity contribution in [1.29, 1.82) is 0 Å². The van der Waals surface area contributed by atoms with Crippen LogP contribution in [0.25, 0.3) is 6.08 Å². The third-order valence-corrected chi connectivity index (χ3v) is 9.84.